The van der Waals surface area contributed by atoms with Crippen LogP contribution in [-0.4, -0.2) is 80.6 Å². The third kappa shape index (κ3) is 3.70. The predicted octanol–water partition coefficient (Wildman–Crippen LogP) is 2.36. The summed E-state index contributed by atoms with van der Waals surface area (Å²) >= 11 is 0. The molecule has 3 aliphatic rings. The van der Waals surface area contributed by atoms with Gasteiger partial charge in [-0.05, 0) is 45.5 Å². The third-order valence-electron chi connectivity index (χ3n) is 7.07. The number of ether oxygens (including phenoxy) is 1. The number of nitrogens with one attached hydrogen (secondary N) is 1. The fourth-order valence-electron chi connectivity index (χ4n) is 5.16. The van der Waals surface area contributed by atoms with Crippen molar-refractivity contribution in [3.8, 4) is 0 Å². The molecule has 0 aliphatic carbocycles. The van der Waals surface area contributed by atoms with E-state index in [2.05, 4.69) is 30.3 Å². The lowest BCUT2D eigenvalue weighted by atomic mass is 10.1. The van der Waals surface area contributed by atoms with Gasteiger partial charge >= 0.3 is 0 Å². The van der Waals surface area contributed by atoms with Crippen LogP contribution >= 0.6 is 0 Å². The van der Waals surface area contributed by atoms with Crippen molar-refractivity contribution in [2.24, 2.45) is 0 Å². The van der Waals surface area contributed by atoms with Gasteiger partial charge in [0, 0.05) is 18.9 Å². The van der Waals surface area contributed by atoms with Gasteiger partial charge in [-0.1, -0.05) is 0 Å². The number of rotatable bonds is 5. The Bertz CT molecular complexity index is 1220. The molecule has 0 radical (unpaired) electrons. The van der Waals surface area contributed by atoms with Crippen molar-refractivity contribution in [3.05, 3.63) is 35.9 Å². The van der Waals surface area contributed by atoms with Gasteiger partial charge in [-0.2, -0.15) is 10.2 Å². The number of alkyl halides is 2. The minimum Gasteiger partial charge on any atom is -0.374 e. The summed E-state index contributed by atoms with van der Waals surface area (Å²) < 4.78 is 36.2. The van der Waals surface area contributed by atoms with E-state index in [0.29, 0.717) is 12.3 Å². The average Bonchev–Trinajstić information content (AvgIpc) is 3.61. The van der Waals surface area contributed by atoms with E-state index in [1.54, 1.807) is 10.9 Å². The van der Waals surface area contributed by atoms with E-state index in [4.69, 9.17) is 4.74 Å². The Morgan fingerprint density at radius 2 is 2.09 bits per heavy atom. The Hall–Kier alpha value is -3.12. The van der Waals surface area contributed by atoms with Crippen molar-refractivity contribution in [1.82, 2.24) is 29.3 Å². The van der Waals surface area contributed by atoms with Gasteiger partial charge in [-0.3, -0.25) is 9.48 Å². The number of carbonyl (C=O) groups excluding carboxylic acids is 1. The minimum atomic E-state index is -2.80. The van der Waals surface area contributed by atoms with E-state index in [-0.39, 0.29) is 29.4 Å². The van der Waals surface area contributed by atoms with E-state index in [0.717, 1.165) is 44.7 Å². The maximum Gasteiger partial charge on any atom is 0.284 e. The molecule has 3 fully saturated rings. The number of aromatic nitrogens is 5. The van der Waals surface area contributed by atoms with Gasteiger partial charge in [-0.25, -0.2) is 18.3 Å². The minimum absolute atomic E-state index is 0.0171. The number of amides is 1. The molecule has 1 amide bonds. The zero-order chi connectivity index (χ0) is 23.4. The van der Waals surface area contributed by atoms with Crippen molar-refractivity contribution in [2.75, 3.05) is 43.5 Å². The first-order valence-corrected chi connectivity index (χ1v) is 11.6. The first-order valence-electron chi connectivity index (χ1n) is 11.6. The van der Waals surface area contributed by atoms with Gasteiger partial charge in [-0.15, -0.1) is 0 Å². The van der Waals surface area contributed by atoms with Gasteiger partial charge in [0.15, 0.2) is 11.3 Å². The first-order chi connectivity index (χ1) is 16.5. The number of piperidine rings is 1. The molecule has 1 N–H and O–H groups in total. The predicted molar refractivity (Wildman–Crippen MR) is 119 cm³/mol. The molecule has 0 unspecified atom stereocenters. The molecule has 0 spiro atoms. The molecule has 10 nitrogen and oxygen atoms in total. The van der Waals surface area contributed by atoms with Crippen molar-refractivity contribution < 1.29 is 18.3 Å². The van der Waals surface area contributed by atoms with E-state index in [1.165, 1.54) is 16.9 Å². The molecule has 2 bridgehead atoms. The number of anilines is 2. The van der Waals surface area contributed by atoms with Crippen LogP contribution in [0.3, 0.4) is 0 Å². The number of morpholine rings is 1. The number of carbonyl (C=O) groups is 1. The monoisotopic (exact) mass is 472 g/mol. The van der Waals surface area contributed by atoms with Crippen LogP contribution in [0.1, 0.15) is 47.8 Å². The zero-order valence-electron chi connectivity index (χ0n) is 18.8. The molecule has 34 heavy (non-hydrogen) atoms. The number of hydrogen-bond acceptors (Lipinski definition) is 7. The maximum absolute atomic E-state index is 13.7. The highest BCUT2D eigenvalue weighted by Gasteiger charge is 2.39. The highest BCUT2D eigenvalue weighted by Crippen LogP contribution is 2.33. The fraction of sp³-hybridized carbons (Fsp3) is 0.545. The third-order valence-corrected chi connectivity index (χ3v) is 7.07. The van der Waals surface area contributed by atoms with Gasteiger partial charge in [0.2, 0.25) is 0 Å². The van der Waals surface area contributed by atoms with Crippen molar-refractivity contribution >= 4 is 23.1 Å². The van der Waals surface area contributed by atoms with Crippen LogP contribution in [-0.2, 0) is 4.74 Å². The van der Waals surface area contributed by atoms with Crippen LogP contribution in [0.15, 0.2) is 24.7 Å². The fourth-order valence-corrected chi connectivity index (χ4v) is 5.16. The van der Waals surface area contributed by atoms with E-state index in [1.807, 2.05) is 13.1 Å². The summed E-state index contributed by atoms with van der Waals surface area (Å²) in [7, 11) is 2.03. The number of likely N-dealkylation sites (tertiary alicyclic amines) is 1. The lowest BCUT2D eigenvalue weighted by Gasteiger charge is -2.28. The number of halogens is 2. The molecule has 12 heteroatoms. The van der Waals surface area contributed by atoms with E-state index < -0.39 is 18.0 Å². The molecule has 2 atom stereocenters. The number of hydrogen-bond donors (Lipinski definition) is 1. The summed E-state index contributed by atoms with van der Waals surface area (Å²) in [6.45, 7) is 3.17. The van der Waals surface area contributed by atoms with Crippen LogP contribution in [0.25, 0.3) is 5.65 Å². The molecular weight excluding hydrogens is 446 g/mol. The Balaban J connectivity index is 1.26. The summed E-state index contributed by atoms with van der Waals surface area (Å²) in [4.78, 5) is 22.2. The molecule has 3 aliphatic heterocycles. The Labute approximate surface area is 194 Å². The summed E-state index contributed by atoms with van der Waals surface area (Å²) in [5, 5.41) is 11.0. The summed E-state index contributed by atoms with van der Waals surface area (Å²) in [5.41, 5.74) is 0.184. The van der Waals surface area contributed by atoms with Crippen LogP contribution in [0, 0.1) is 0 Å². The van der Waals surface area contributed by atoms with Crippen molar-refractivity contribution in [1.29, 1.82) is 0 Å². The largest absolute Gasteiger partial charge is 0.374 e. The number of fused-ring (bicyclic) bond motifs is 3. The van der Waals surface area contributed by atoms with Crippen LogP contribution in [0.2, 0.25) is 0 Å². The van der Waals surface area contributed by atoms with E-state index >= 15 is 0 Å². The molecule has 180 valence electrons. The highest BCUT2D eigenvalue weighted by atomic mass is 19.3. The average molecular weight is 473 g/mol. The van der Waals surface area contributed by atoms with Gasteiger partial charge < -0.3 is 19.9 Å². The van der Waals surface area contributed by atoms with Crippen LogP contribution < -0.4 is 10.2 Å². The van der Waals surface area contributed by atoms with Crippen LogP contribution in [0.5, 0.6) is 0 Å². The van der Waals surface area contributed by atoms with Crippen LogP contribution in [0.4, 0.5) is 20.3 Å². The van der Waals surface area contributed by atoms with E-state index in [9.17, 15) is 13.6 Å². The highest BCUT2D eigenvalue weighted by molar-refractivity contribution is 6.08. The zero-order valence-corrected chi connectivity index (χ0v) is 18.8. The second-order valence-electron chi connectivity index (χ2n) is 9.31. The maximum atomic E-state index is 13.7. The number of nitrogens with zero attached hydrogens (tertiary/aromatic N) is 7. The standard InChI is InChI=1S/C22H26F2N8O2/c1-29-5-2-13(3-6-29)32-11-17(19(28-32)20(23)24)26-22(33)16-9-25-31-7-4-18(27-21(16)31)30-10-15-8-14(30)12-34-15/h4,7,9,11,13-15,20H,2-3,5-6,8,10,12H2,1H3,(H,26,33)/t14-,15-/m1/s1. The summed E-state index contributed by atoms with van der Waals surface area (Å²) in [6, 6.07) is 2.17. The molecular formula is C22H26F2N8O2. The quantitative estimate of drug-likeness (QED) is 0.609. The SMILES string of the molecule is CN1CCC(n2cc(NC(=O)c3cnn4ccc(N5C[C@H]6C[C@@H]5CO6)nc34)c(C(F)F)n2)CC1. The topological polar surface area (TPSA) is 92.8 Å². The van der Waals surface area contributed by atoms with Gasteiger partial charge in [0.1, 0.15) is 11.4 Å². The molecule has 6 heterocycles. The lowest BCUT2D eigenvalue weighted by Crippen LogP contribution is -2.37. The summed E-state index contributed by atoms with van der Waals surface area (Å²) in [6.07, 6.45) is 4.69. The van der Waals surface area contributed by atoms with Crippen molar-refractivity contribution in [2.45, 2.75) is 43.9 Å². The second kappa shape index (κ2) is 8.27. The smallest absolute Gasteiger partial charge is 0.284 e. The second-order valence-corrected chi connectivity index (χ2v) is 9.31. The Morgan fingerprint density at radius 3 is 2.79 bits per heavy atom. The Morgan fingerprint density at radius 1 is 1.26 bits per heavy atom. The first kappa shape index (κ1) is 21.4. The molecule has 0 saturated carbocycles. The lowest BCUT2D eigenvalue weighted by molar-refractivity contribution is 0.0988. The Kier molecular flexibility index (Phi) is 5.21. The van der Waals surface area contributed by atoms with Gasteiger partial charge in [0.25, 0.3) is 12.3 Å². The normalized spacial score (nSPS) is 23.5. The molecule has 3 aromatic heterocycles. The molecule has 0 aromatic carbocycles. The molecule has 3 aromatic rings. The van der Waals surface area contributed by atoms with Crippen molar-refractivity contribution in [3.63, 3.8) is 0 Å². The molecule has 6 rings (SSSR count). The summed E-state index contributed by atoms with van der Waals surface area (Å²) in [5.74, 6) is 0.206. The van der Waals surface area contributed by atoms with Gasteiger partial charge in [0.05, 0.1) is 36.7 Å². The molecule has 3 saturated heterocycles.